The van der Waals surface area contributed by atoms with Gasteiger partial charge in [0.05, 0.1) is 32.8 Å². The van der Waals surface area contributed by atoms with E-state index in [4.69, 9.17) is 19.7 Å². The van der Waals surface area contributed by atoms with Gasteiger partial charge < -0.3 is 37.3 Å². The van der Waals surface area contributed by atoms with E-state index in [1.165, 1.54) is 0 Å². The zero-order chi connectivity index (χ0) is 25.1. The van der Waals surface area contributed by atoms with E-state index in [1.54, 1.807) is 0 Å². The Balaban J connectivity index is 0. The molecular formula is C20H30N6O10Pt. The Morgan fingerprint density at radius 3 is 1.97 bits per heavy atom. The zero-order valence-electron chi connectivity index (χ0n) is 19.8. The van der Waals surface area contributed by atoms with Crippen LogP contribution in [0.4, 0.5) is 0 Å². The topological polar surface area (TPSA) is 268 Å². The summed E-state index contributed by atoms with van der Waals surface area (Å²) in [6, 6.07) is 0. The summed E-state index contributed by atoms with van der Waals surface area (Å²) >= 11 is 0. The predicted octanol–water partition coefficient (Wildman–Crippen LogP) is -0.306. The Morgan fingerprint density at radius 1 is 0.892 bits per heavy atom. The number of nitrogens with one attached hydrogen (secondary N) is 2. The van der Waals surface area contributed by atoms with Crippen molar-refractivity contribution in [1.29, 1.82) is 0 Å². The fraction of sp³-hybridized carbons (Fsp3) is 0.550. The Bertz CT molecular complexity index is 868. The van der Waals surface area contributed by atoms with E-state index >= 15 is 0 Å². The van der Waals surface area contributed by atoms with Crippen molar-refractivity contribution in [2.24, 2.45) is 10.5 Å². The maximum absolute atomic E-state index is 11.7. The SMILES string of the molecule is O=C(CCN1C(=O)C=CC1=O)NCCOCCOCCC(=O)NN=C1CC(C(=O)O)(C(=O)O)C1.[NH2-].[NH2-].[Pt+2]. The number of aliphatic carboxylic acids is 2. The first kappa shape index (κ1) is 36.1. The quantitative estimate of drug-likeness (QED) is 0.0746. The molecular weight excluding hydrogens is 679 g/mol. The number of carboxylic acids is 2. The second-order valence-corrected chi connectivity index (χ2v) is 7.50. The van der Waals surface area contributed by atoms with Crippen LogP contribution >= 0.6 is 0 Å². The number of amides is 4. The molecule has 0 saturated heterocycles. The molecule has 2 aliphatic rings. The first-order valence-electron chi connectivity index (χ1n) is 10.4. The second-order valence-electron chi connectivity index (χ2n) is 7.50. The minimum absolute atomic E-state index is 0. The normalized spacial score (nSPS) is 14.9. The molecule has 0 aromatic rings. The summed E-state index contributed by atoms with van der Waals surface area (Å²) in [5.74, 6) is -4.53. The monoisotopic (exact) mass is 709 g/mol. The number of rotatable bonds is 15. The zero-order valence-corrected chi connectivity index (χ0v) is 22.0. The molecule has 2 rings (SSSR count). The molecule has 1 aliphatic carbocycles. The molecule has 37 heavy (non-hydrogen) atoms. The molecule has 17 heteroatoms. The van der Waals surface area contributed by atoms with Crippen LogP contribution in [0.5, 0.6) is 0 Å². The van der Waals surface area contributed by atoms with Crippen LogP contribution in [0.1, 0.15) is 25.7 Å². The number of imide groups is 1. The van der Waals surface area contributed by atoms with E-state index in [9.17, 15) is 28.8 Å². The molecule has 0 atom stereocenters. The summed E-state index contributed by atoms with van der Waals surface area (Å²) < 4.78 is 10.5. The van der Waals surface area contributed by atoms with Crippen molar-refractivity contribution in [3.8, 4) is 0 Å². The molecule has 0 unspecified atom stereocenters. The summed E-state index contributed by atoms with van der Waals surface area (Å²) in [6.45, 7) is 1.01. The molecule has 8 N–H and O–H groups in total. The minimum atomic E-state index is -1.87. The number of carbonyl (C=O) groups is 6. The number of hydrogen-bond donors (Lipinski definition) is 4. The third-order valence-electron chi connectivity index (χ3n) is 5.05. The first-order chi connectivity index (χ1) is 16.2. The van der Waals surface area contributed by atoms with Crippen molar-refractivity contribution in [2.75, 3.05) is 39.5 Å². The average Bonchev–Trinajstić information content (AvgIpc) is 3.06. The smallest absolute Gasteiger partial charge is 0.693 e. The molecule has 210 valence electrons. The Kier molecular flexibility index (Phi) is 17.0. The molecule has 0 bridgehead atoms. The van der Waals surface area contributed by atoms with Crippen LogP contribution in [-0.4, -0.2) is 95.9 Å². The Hall–Kier alpha value is -3.04. The van der Waals surface area contributed by atoms with Gasteiger partial charge in [-0.05, 0) is 0 Å². The van der Waals surface area contributed by atoms with Crippen LogP contribution in [0.2, 0.25) is 0 Å². The van der Waals surface area contributed by atoms with Gasteiger partial charge in [0.15, 0.2) is 5.41 Å². The third-order valence-corrected chi connectivity index (χ3v) is 5.05. The minimum Gasteiger partial charge on any atom is -0.693 e. The summed E-state index contributed by atoms with van der Waals surface area (Å²) in [4.78, 5) is 69.2. The van der Waals surface area contributed by atoms with Crippen molar-refractivity contribution >= 4 is 41.3 Å². The largest absolute Gasteiger partial charge is 2.00 e. The van der Waals surface area contributed by atoms with Crippen molar-refractivity contribution < 1.29 is 69.5 Å². The van der Waals surface area contributed by atoms with Crippen molar-refractivity contribution in [3.63, 3.8) is 0 Å². The number of carboxylic acid groups (broad SMARTS) is 2. The van der Waals surface area contributed by atoms with Gasteiger partial charge >= 0.3 is 33.0 Å². The molecule has 1 aliphatic heterocycles. The standard InChI is InChI=1S/C20H26N4O10.2H2N.Pt/c25-14(3-6-24-16(27)1-2-17(24)28)21-5-8-34-10-9-33-7-4-15(26)23-22-13-11-20(12-13,18(29)30)19(31)32;;;/h1-2H,3-12H2,(H,21,25)(H,23,26)(H,29,30)(H,31,32);2*1H2;/q;2*-1;+2. The molecule has 0 aromatic carbocycles. The summed E-state index contributed by atoms with van der Waals surface area (Å²) in [6.07, 6.45) is 1.77. The van der Waals surface area contributed by atoms with Gasteiger partial charge in [0.1, 0.15) is 0 Å². The summed E-state index contributed by atoms with van der Waals surface area (Å²) in [5, 5.41) is 24.3. The predicted molar refractivity (Wildman–Crippen MR) is 123 cm³/mol. The second kappa shape index (κ2) is 17.4. The molecule has 1 fully saturated rings. The van der Waals surface area contributed by atoms with E-state index < -0.39 is 35.1 Å². The third kappa shape index (κ3) is 10.8. The van der Waals surface area contributed by atoms with Gasteiger partial charge in [-0.15, -0.1) is 0 Å². The molecule has 16 nitrogen and oxygen atoms in total. The van der Waals surface area contributed by atoms with Crippen LogP contribution in [-0.2, 0) is 59.3 Å². The van der Waals surface area contributed by atoms with Crippen LogP contribution in [0.25, 0.3) is 12.3 Å². The molecule has 0 radical (unpaired) electrons. The van der Waals surface area contributed by atoms with E-state index in [1.807, 2.05) is 0 Å². The number of hydrazone groups is 1. The van der Waals surface area contributed by atoms with Gasteiger partial charge in [0.2, 0.25) is 11.8 Å². The average molecular weight is 710 g/mol. The van der Waals surface area contributed by atoms with Crippen LogP contribution in [0.3, 0.4) is 0 Å². The number of ether oxygens (including phenoxy) is 2. The molecule has 1 heterocycles. The van der Waals surface area contributed by atoms with Crippen LogP contribution in [0.15, 0.2) is 17.3 Å². The summed E-state index contributed by atoms with van der Waals surface area (Å²) in [5.41, 5.74) is 0.644. The fourth-order valence-electron chi connectivity index (χ4n) is 3.02. The van der Waals surface area contributed by atoms with E-state index in [-0.39, 0.29) is 110 Å². The van der Waals surface area contributed by atoms with E-state index in [2.05, 4.69) is 15.8 Å². The van der Waals surface area contributed by atoms with Gasteiger partial charge in [-0.2, -0.15) is 5.10 Å². The fourth-order valence-corrected chi connectivity index (χ4v) is 3.02. The maximum Gasteiger partial charge on any atom is 2.00 e. The summed E-state index contributed by atoms with van der Waals surface area (Å²) in [7, 11) is 0. The molecule has 0 spiro atoms. The van der Waals surface area contributed by atoms with Crippen LogP contribution < -0.4 is 10.7 Å². The van der Waals surface area contributed by atoms with E-state index in [0.29, 0.717) is 0 Å². The molecule has 0 aromatic heterocycles. The van der Waals surface area contributed by atoms with Gasteiger partial charge in [-0.3, -0.25) is 33.7 Å². The maximum atomic E-state index is 11.7. The first-order valence-corrected chi connectivity index (χ1v) is 10.4. The van der Waals surface area contributed by atoms with Crippen molar-refractivity contribution in [1.82, 2.24) is 15.6 Å². The van der Waals surface area contributed by atoms with Gasteiger partial charge in [-0.25, -0.2) is 5.43 Å². The Labute approximate surface area is 226 Å². The van der Waals surface area contributed by atoms with E-state index in [0.717, 1.165) is 17.1 Å². The molecule has 1 saturated carbocycles. The Morgan fingerprint density at radius 2 is 1.43 bits per heavy atom. The van der Waals surface area contributed by atoms with Gasteiger partial charge in [0.25, 0.3) is 11.8 Å². The van der Waals surface area contributed by atoms with Gasteiger partial charge in [-0.1, -0.05) is 0 Å². The van der Waals surface area contributed by atoms with Crippen molar-refractivity contribution in [3.05, 3.63) is 24.5 Å². The number of nitrogens with two attached hydrogens (primary N) is 2. The number of nitrogens with zero attached hydrogens (tertiary/aromatic N) is 2. The number of carbonyl (C=O) groups excluding carboxylic acids is 4. The number of hydrogen-bond acceptors (Lipinski definition) is 9. The van der Waals surface area contributed by atoms with Crippen LogP contribution in [0, 0.1) is 5.41 Å². The molecule has 4 amide bonds. The van der Waals surface area contributed by atoms with Crippen molar-refractivity contribution in [2.45, 2.75) is 25.7 Å². The van der Waals surface area contributed by atoms with Gasteiger partial charge in [0, 0.05) is 50.2 Å².